The van der Waals surface area contributed by atoms with Gasteiger partial charge in [-0.3, -0.25) is 14.2 Å². The summed E-state index contributed by atoms with van der Waals surface area (Å²) in [4.78, 5) is 32.1. The number of anilines is 1. The number of nitrogens with one attached hydrogen (secondary N) is 1. The average Bonchev–Trinajstić information content (AvgIpc) is 3.26. The van der Waals surface area contributed by atoms with Gasteiger partial charge in [0.2, 0.25) is 0 Å². The number of benzene rings is 2. The van der Waals surface area contributed by atoms with Crippen molar-refractivity contribution in [3.05, 3.63) is 94.4 Å². The number of nitrogens with two attached hydrogens (primary N) is 1. The zero-order valence-electron chi connectivity index (χ0n) is 24.9. The summed E-state index contributed by atoms with van der Waals surface area (Å²) in [5.74, 6) is 6.83. The summed E-state index contributed by atoms with van der Waals surface area (Å²) < 4.78 is 8.95. The Morgan fingerprint density at radius 1 is 1.19 bits per heavy atom. The van der Waals surface area contributed by atoms with Crippen LogP contribution < -0.4 is 16.6 Å². The molecule has 1 aliphatic rings. The van der Waals surface area contributed by atoms with E-state index in [1.807, 2.05) is 61.5 Å². The van der Waals surface area contributed by atoms with Crippen LogP contribution in [0.1, 0.15) is 61.3 Å². The van der Waals surface area contributed by atoms with Crippen LogP contribution in [0.25, 0.3) is 16.5 Å². The zero-order chi connectivity index (χ0) is 30.7. The molecule has 220 valence electrons. The summed E-state index contributed by atoms with van der Waals surface area (Å²) in [5, 5.41) is 8.45. The smallest absolute Gasteiger partial charge is 0.264 e. The monoisotopic (exact) mass is 576 g/mol. The lowest BCUT2D eigenvalue weighted by molar-refractivity contribution is -0.0419. The fourth-order valence-corrected chi connectivity index (χ4v) is 5.72. The maximum absolute atomic E-state index is 14.3. The number of pyridine rings is 1. The average molecular weight is 577 g/mol. The minimum atomic E-state index is -0.583. The highest BCUT2D eigenvalue weighted by Crippen LogP contribution is 2.28. The fraction of sp³-hybridized carbons (Fsp3) is 0.294. The predicted octanol–water partition coefficient (Wildman–Crippen LogP) is 5.24. The third-order valence-electron chi connectivity index (χ3n) is 7.56. The van der Waals surface area contributed by atoms with Crippen LogP contribution in [0.2, 0.25) is 0 Å². The summed E-state index contributed by atoms with van der Waals surface area (Å²) in [6.45, 7) is 9.60. The largest absolute Gasteiger partial charge is 0.381 e. The molecule has 2 aromatic carbocycles. The van der Waals surface area contributed by atoms with E-state index >= 15 is 0 Å². The molecule has 3 N–H and O–H groups in total. The van der Waals surface area contributed by atoms with E-state index in [2.05, 4.69) is 47.7 Å². The van der Waals surface area contributed by atoms with E-state index in [9.17, 15) is 9.59 Å². The number of aliphatic imine (C=N–C) groups is 1. The Morgan fingerprint density at radius 2 is 1.91 bits per heavy atom. The van der Waals surface area contributed by atoms with Gasteiger partial charge in [0.1, 0.15) is 5.56 Å². The van der Waals surface area contributed by atoms with Crippen LogP contribution in [0.5, 0.6) is 0 Å². The molecule has 1 fully saturated rings. The molecular weight excluding hydrogens is 540 g/mol. The number of hydrogen-bond donors (Lipinski definition) is 2. The van der Waals surface area contributed by atoms with Crippen LogP contribution in [0.3, 0.4) is 0 Å². The van der Waals surface area contributed by atoms with Crippen molar-refractivity contribution in [2.75, 3.05) is 5.73 Å². The Hall–Kier alpha value is -4.94. The number of allylic oxidation sites excluding steroid dienone is 1. The number of aromatic nitrogens is 3. The summed E-state index contributed by atoms with van der Waals surface area (Å²) >= 11 is 0. The lowest BCUT2D eigenvalue weighted by Gasteiger charge is -2.29. The molecule has 0 aliphatic carbocycles. The first-order chi connectivity index (χ1) is 20.7. The van der Waals surface area contributed by atoms with E-state index in [1.165, 1.54) is 17.0 Å². The second kappa shape index (κ2) is 12.5. The van der Waals surface area contributed by atoms with Gasteiger partial charge in [-0.1, -0.05) is 54.8 Å². The van der Waals surface area contributed by atoms with E-state index < -0.39 is 11.9 Å². The van der Waals surface area contributed by atoms with Crippen LogP contribution in [0.4, 0.5) is 11.6 Å². The van der Waals surface area contributed by atoms with Gasteiger partial charge >= 0.3 is 0 Å². The van der Waals surface area contributed by atoms with Crippen molar-refractivity contribution in [1.82, 2.24) is 19.7 Å². The second-order valence-corrected chi connectivity index (χ2v) is 10.9. The molecule has 3 heterocycles. The zero-order valence-corrected chi connectivity index (χ0v) is 24.9. The molecule has 3 unspecified atom stereocenters. The lowest BCUT2D eigenvalue weighted by atomic mass is 9.92. The number of hydrogen-bond acceptors (Lipinski definition) is 6. The van der Waals surface area contributed by atoms with Gasteiger partial charge in [-0.15, -0.1) is 0 Å². The van der Waals surface area contributed by atoms with E-state index in [1.54, 1.807) is 11.6 Å². The summed E-state index contributed by atoms with van der Waals surface area (Å²) in [5.41, 5.74) is 7.99. The van der Waals surface area contributed by atoms with Gasteiger partial charge in [0, 0.05) is 36.1 Å². The molecule has 0 bridgehead atoms. The van der Waals surface area contributed by atoms with E-state index in [4.69, 9.17) is 10.5 Å². The highest BCUT2D eigenvalue weighted by atomic mass is 16.5. The van der Waals surface area contributed by atoms with Gasteiger partial charge < -0.3 is 15.8 Å². The number of rotatable bonds is 6. The Bertz CT molecular complexity index is 1820. The third-order valence-corrected chi connectivity index (χ3v) is 7.56. The Morgan fingerprint density at radius 3 is 2.60 bits per heavy atom. The summed E-state index contributed by atoms with van der Waals surface area (Å²) in [7, 11) is 1.66. The maximum atomic E-state index is 14.3. The molecule has 1 amide bonds. The van der Waals surface area contributed by atoms with Gasteiger partial charge in [-0.25, -0.2) is 9.67 Å². The normalized spacial score (nSPS) is 19.1. The minimum Gasteiger partial charge on any atom is -0.381 e. The summed E-state index contributed by atoms with van der Waals surface area (Å²) in [6.07, 6.45) is 5.00. The Labute approximate surface area is 251 Å². The van der Waals surface area contributed by atoms with Crippen molar-refractivity contribution in [2.24, 2.45) is 18.0 Å². The number of ether oxygens (including phenoxy) is 1. The Kier molecular flexibility index (Phi) is 8.60. The number of aryl methyl sites for hydroxylation is 1. The molecule has 43 heavy (non-hydrogen) atoms. The number of nitrogen functional groups attached to an aromatic ring is 1. The highest BCUT2D eigenvalue weighted by Gasteiger charge is 2.25. The van der Waals surface area contributed by atoms with Crippen LogP contribution in [-0.2, 0) is 11.8 Å². The van der Waals surface area contributed by atoms with Gasteiger partial charge in [0.15, 0.2) is 11.6 Å². The van der Waals surface area contributed by atoms with Crippen LogP contribution in [-0.4, -0.2) is 38.7 Å². The highest BCUT2D eigenvalue weighted by molar-refractivity contribution is 6.03. The molecule has 9 heteroatoms. The molecule has 0 spiro atoms. The van der Waals surface area contributed by atoms with Crippen LogP contribution in [0.15, 0.2) is 77.0 Å². The van der Waals surface area contributed by atoms with Crippen molar-refractivity contribution in [2.45, 2.75) is 51.9 Å². The SMILES string of the molecule is C=C/C=N\c1c(C(=O)NC(C)c2cc3cccc(C#CC4CC(C)OC(C)C4)c3c(=O)n2-c2ccccc2)c(N)nn1C. The number of nitrogens with zero attached hydrogens (tertiary/aromatic N) is 4. The predicted molar refractivity (Wildman–Crippen MR) is 171 cm³/mol. The van der Waals surface area contributed by atoms with Crippen LogP contribution >= 0.6 is 0 Å². The van der Waals surface area contributed by atoms with Gasteiger partial charge in [-0.2, -0.15) is 5.10 Å². The molecule has 3 atom stereocenters. The first kappa shape index (κ1) is 29.5. The van der Waals surface area contributed by atoms with E-state index in [-0.39, 0.29) is 35.1 Å². The molecule has 0 radical (unpaired) electrons. The minimum absolute atomic E-state index is 0.0545. The quantitative estimate of drug-likeness (QED) is 0.241. The Balaban J connectivity index is 1.59. The van der Waals surface area contributed by atoms with Crippen molar-refractivity contribution in [1.29, 1.82) is 0 Å². The second-order valence-electron chi connectivity index (χ2n) is 10.9. The first-order valence-corrected chi connectivity index (χ1v) is 14.4. The molecule has 5 rings (SSSR count). The van der Waals surface area contributed by atoms with Crippen molar-refractivity contribution >= 4 is 34.5 Å². The molecular formula is C34H36N6O3. The summed E-state index contributed by atoms with van der Waals surface area (Å²) in [6, 6.07) is 16.4. The fourth-order valence-electron chi connectivity index (χ4n) is 5.72. The molecule has 0 saturated carbocycles. The maximum Gasteiger partial charge on any atom is 0.264 e. The van der Waals surface area contributed by atoms with Gasteiger partial charge in [0.05, 0.1) is 23.6 Å². The van der Waals surface area contributed by atoms with Gasteiger partial charge in [-0.05, 0) is 63.3 Å². The standard InChI is InChI=1S/C34H36N6O3/c1-6-17-36-32-30(31(35)38-39(32)5)33(41)37-23(4)28-20-26-12-10-11-25(16-15-24-18-21(2)43-22(3)19-24)29(26)34(42)40(28)27-13-8-7-9-14-27/h6-14,17,20-24H,1,18-19H2,2-5H3,(H2,35,38)(H,37,41)/b36-17-. The third kappa shape index (κ3) is 6.15. The number of carbonyl (C=O) groups excluding carboxylic acids is 1. The number of para-hydroxylation sites is 1. The van der Waals surface area contributed by atoms with E-state index in [0.29, 0.717) is 28.1 Å². The molecule has 1 aliphatic heterocycles. The van der Waals surface area contributed by atoms with Crippen LogP contribution in [0, 0.1) is 17.8 Å². The molecule has 2 aromatic heterocycles. The van der Waals surface area contributed by atoms with Gasteiger partial charge in [0.25, 0.3) is 11.5 Å². The van der Waals surface area contributed by atoms with Crippen molar-refractivity contribution in [3.8, 4) is 17.5 Å². The lowest BCUT2D eigenvalue weighted by Crippen LogP contribution is -2.32. The van der Waals surface area contributed by atoms with E-state index in [0.717, 1.165) is 18.2 Å². The molecule has 4 aromatic rings. The number of amides is 1. The van der Waals surface area contributed by atoms with Crippen molar-refractivity contribution in [3.63, 3.8) is 0 Å². The topological polar surface area (TPSA) is 117 Å². The molecule has 9 nitrogen and oxygen atoms in total. The number of fused-ring (bicyclic) bond motifs is 1. The molecule has 1 saturated heterocycles. The number of carbonyl (C=O) groups is 1. The first-order valence-electron chi connectivity index (χ1n) is 14.4. The van der Waals surface area contributed by atoms with Crippen molar-refractivity contribution < 1.29 is 9.53 Å².